The van der Waals surface area contributed by atoms with Gasteiger partial charge in [-0.3, -0.25) is 9.59 Å². The van der Waals surface area contributed by atoms with E-state index >= 15 is 0 Å². The van der Waals surface area contributed by atoms with Crippen LogP contribution in [0.15, 0.2) is 22.7 Å². The van der Waals surface area contributed by atoms with E-state index in [4.69, 9.17) is 0 Å². The van der Waals surface area contributed by atoms with E-state index in [1.807, 2.05) is 19.1 Å². The summed E-state index contributed by atoms with van der Waals surface area (Å²) in [5.41, 5.74) is 1.52. The summed E-state index contributed by atoms with van der Waals surface area (Å²) in [5.74, 6) is -0.246. The molecule has 0 spiro atoms. The third-order valence-corrected chi connectivity index (χ3v) is 3.29. The fourth-order valence-electron chi connectivity index (χ4n) is 1.36. The van der Waals surface area contributed by atoms with Crippen molar-refractivity contribution in [3.63, 3.8) is 0 Å². The number of carbonyl (C=O) groups is 2. The van der Waals surface area contributed by atoms with E-state index in [9.17, 15) is 9.59 Å². The van der Waals surface area contributed by atoms with Crippen LogP contribution in [-0.4, -0.2) is 25.4 Å². The van der Waals surface area contributed by atoms with Gasteiger partial charge in [-0.1, -0.05) is 22.0 Å². The molecule has 0 saturated heterocycles. The Morgan fingerprint density at radius 1 is 1.35 bits per heavy atom. The zero-order chi connectivity index (χ0) is 12.8. The number of halogens is 1. The van der Waals surface area contributed by atoms with E-state index in [0.717, 1.165) is 10.0 Å². The highest BCUT2D eigenvalue weighted by Gasteiger charge is 2.10. The quantitative estimate of drug-likeness (QED) is 0.887. The minimum atomic E-state index is -0.160. The van der Waals surface area contributed by atoms with Gasteiger partial charge >= 0.3 is 0 Å². The highest BCUT2D eigenvalue weighted by Crippen LogP contribution is 2.19. The molecular weight excluding hydrogens is 284 g/mol. The van der Waals surface area contributed by atoms with Crippen LogP contribution in [0, 0.1) is 6.92 Å². The highest BCUT2D eigenvalue weighted by molar-refractivity contribution is 9.10. The van der Waals surface area contributed by atoms with Gasteiger partial charge < -0.3 is 10.6 Å². The molecular formula is C12H15BrN2O2. The summed E-state index contributed by atoms with van der Waals surface area (Å²) in [4.78, 5) is 22.8. The number of benzene rings is 1. The summed E-state index contributed by atoms with van der Waals surface area (Å²) in [6, 6.07) is 5.46. The Balaban J connectivity index is 2.59. The number of rotatable bonds is 4. The molecule has 0 atom stereocenters. The molecule has 0 aliphatic carbocycles. The molecule has 0 aliphatic rings. The van der Waals surface area contributed by atoms with Crippen LogP contribution >= 0.6 is 15.9 Å². The number of hydrogen-bond acceptors (Lipinski definition) is 2. The number of amides is 2. The second-order valence-electron chi connectivity index (χ2n) is 3.59. The Morgan fingerprint density at radius 3 is 2.71 bits per heavy atom. The Labute approximate surface area is 109 Å². The maximum atomic E-state index is 11.8. The van der Waals surface area contributed by atoms with Crippen LogP contribution < -0.4 is 10.6 Å². The molecule has 4 nitrogen and oxygen atoms in total. The lowest BCUT2D eigenvalue weighted by molar-refractivity contribution is -0.120. The van der Waals surface area contributed by atoms with Gasteiger partial charge in [-0.15, -0.1) is 0 Å². The third-order valence-electron chi connectivity index (χ3n) is 2.43. The molecule has 17 heavy (non-hydrogen) atoms. The van der Waals surface area contributed by atoms with Crippen molar-refractivity contribution in [2.24, 2.45) is 0 Å². The second-order valence-corrected chi connectivity index (χ2v) is 4.45. The summed E-state index contributed by atoms with van der Waals surface area (Å²) in [6.07, 6.45) is 0.287. The molecule has 5 heteroatoms. The first kappa shape index (κ1) is 13.7. The Bertz CT molecular complexity index is 433. The van der Waals surface area contributed by atoms with Crippen molar-refractivity contribution >= 4 is 27.7 Å². The maximum absolute atomic E-state index is 11.8. The highest BCUT2D eigenvalue weighted by atomic mass is 79.9. The van der Waals surface area contributed by atoms with Crippen LogP contribution in [0.1, 0.15) is 22.3 Å². The molecule has 0 radical (unpaired) electrons. The Hall–Kier alpha value is -1.36. The van der Waals surface area contributed by atoms with Crippen LogP contribution in [0.2, 0.25) is 0 Å². The Kier molecular flexibility index (Phi) is 5.15. The van der Waals surface area contributed by atoms with E-state index in [-0.39, 0.29) is 18.2 Å². The summed E-state index contributed by atoms with van der Waals surface area (Å²) < 4.78 is 0.899. The van der Waals surface area contributed by atoms with E-state index in [0.29, 0.717) is 12.1 Å². The smallest absolute Gasteiger partial charge is 0.251 e. The van der Waals surface area contributed by atoms with Crippen LogP contribution in [0.5, 0.6) is 0 Å². The lowest BCUT2D eigenvalue weighted by Crippen LogP contribution is -2.29. The molecule has 1 aromatic rings. The van der Waals surface area contributed by atoms with Crippen molar-refractivity contribution in [1.29, 1.82) is 0 Å². The van der Waals surface area contributed by atoms with Gasteiger partial charge in [0.1, 0.15) is 0 Å². The van der Waals surface area contributed by atoms with Crippen LogP contribution in [0.25, 0.3) is 0 Å². The van der Waals surface area contributed by atoms with Crippen LogP contribution in [-0.2, 0) is 4.79 Å². The lowest BCUT2D eigenvalue weighted by Gasteiger charge is -2.08. The first-order valence-corrected chi connectivity index (χ1v) is 6.09. The molecule has 0 bridgehead atoms. The van der Waals surface area contributed by atoms with E-state index in [2.05, 4.69) is 26.6 Å². The SMILES string of the molecule is CNC(=O)CCNC(=O)c1cccc(Br)c1C. The van der Waals surface area contributed by atoms with Gasteiger partial charge in [-0.2, -0.15) is 0 Å². The van der Waals surface area contributed by atoms with Crippen molar-refractivity contribution in [3.8, 4) is 0 Å². The Morgan fingerprint density at radius 2 is 2.06 bits per heavy atom. The van der Waals surface area contributed by atoms with E-state index in [1.165, 1.54) is 0 Å². The van der Waals surface area contributed by atoms with Crippen LogP contribution in [0.3, 0.4) is 0 Å². The molecule has 1 aromatic carbocycles. The standard InChI is InChI=1S/C12H15BrN2O2/c1-8-9(4-3-5-10(8)13)12(17)15-7-6-11(16)14-2/h3-5H,6-7H2,1-2H3,(H,14,16)(H,15,17). The lowest BCUT2D eigenvalue weighted by atomic mass is 10.1. The minimum Gasteiger partial charge on any atom is -0.359 e. The predicted molar refractivity (Wildman–Crippen MR) is 69.9 cm³/mol. The third kappa shape index (κ3) is 3.85. The van der Waals surface area contributed by atoms with Gasteiger partial charge in [0.2, 0.25) is 5.91 Å². The molecule has 1 rings (SSSR count). The number of nitrogens with one attached hydrogen (secondary N) is 2. The van der Waals surface area contributed by atoms with Gasteiger partial charge in [0.25, 0.3) is 5.91 Å². The van der Waals surface area contributed by atoms with Gasteiger partial charge in [0.05, 0.1) is 0 Å². The molecule has 92 valence electrons. The van der Waals surface area contributed by atoms with Crippen molar-refractivity contribution < 1.29 is 9.59 Å². The molecule has 0 heterocycles. The molecule has 0 aromatic heterocycles. The molecule has 0 saturated carbocycles. The minimum absolute atomic E-state index is 0.0868. The first-order valence-electron chi connectivity index (χ1n) is 5.30. The summed E-state index contributed by atoms with van der Waals surface area (Å²) in [6.45, 7) is 2.21. The van der Waals surface area contributed by atoms with E-state index < -0.39 is 0 Å². The van der Waals surface area contributed by atoms with E-state index in [1.54, 1.807) is 13.1 Å². The van der Waals surface area contributed by atoms with Gasteiger partial charge in [0.15, 0.2) is 0 Å². The van der Waals surface area contributed by atoms with Gasteiger partial charge in [-0.25, -0.2) is 0 Å². The average molecular weight is 299 g/mol. The van der Waals surface area contributed by atoms with Crippen molar-refractivity contribution in [2.45, 2.75) is 13.3 Å². The molecule has 0 fully saturated rings. The zero-order valence-electron chi connectivity index (χ0n) is 9.84. The topological polar surface area (TPSA) is 58.2 Å². The van der Waals surface area contributed by atoms with Crippen molar-refractivity contribution in [1.82, 2.24) is 10.6 Å². The maximum Gasteiger partial charge on any atom is 0.251 e. The number of hydrogen-bond donors (Lipinski definition) is 2. The molecule has 0 aliphatic heterocycles. The zero-order valence-corrected chi connectivity index (χ0v) is 11.4. The first-order chi connectivity index (χ1) is 8.06. The fraction of sp³-hybridized carbons (Fsp3) is 0.333. The second kappa shape index (κ2) is 6.39. The molecule has 2 N–H and O–H groups in total. The number of carbonyl (C=O) groups excluding carboxylic acids is 2. The monoisotopic (exact) mass is 298 g/mol. The molecule has 0 unspecified atom stereocenters. The largest absolute Gasteiger partial charge is 0.359 e. The van der Waals surface area contributed by atoms with Crippen molar-refractivity contribution in [2.75, 3.05) is 13.6 Å². The fourth-order valence-corrected chi connectivity index (χ4v) is 1.73. The van der Waals surface area contributed by atoms with Crippen molar-refractivity contribution in [3.05, 3.63) is 33.8 Å². The molecule has 2 amide bonds. The van der Waals surface area contributed by atoms with Crippen LogP contribution in [0.4, 0.5) is 0 Å². The van der Waals surface area contributed by atoms with Gasteiger partial charge in [0, 0.05) is 30.0 Å². The summed E-state index contributed by atoms with van der Waals surface area (Å²) >= 11 is 3.37. The average Bonchev–Trinajstić information content (AvgIpc) is 2.32. The normalized spacial score (nSPS) is 9.82. The predicted octanol–water partition coefficient (Wildman–Crippen LogP) is 1.62. The van der Waals surface area contributed by atoms with Gasteiger partial charge in [-0.05, 0) is 24.6 Å². The summed E-state index contributed by atoms with van der Waals surface area (Å²) in [7, 11) is 1.57. The summed E-state index contributed by atoms with van der Waals surface area (Å²) in [5, 5.41) is 5.21.